The molecule has 1 saturated heterocycles. The van der Waals surface area contributed by atoms with Crippen LogP contribution in [0.5, 0.6) is 5.75 Å². The van der Waals surface area contributed by atoms with Crippen LogP contribution in [0.4, 0.5) is 13.2 Å². The molecule has 0 aliphatic carbocycles. The maximum atomic E-state index is 12.1. The van der Waals surface area contributed by atoms with Crippen LogP contribution in [0.2, 0.25) is 0 Å². The summed E-state index contributed by atoms with van der Waals surface area (Å²) in [5.74, 6) is -0.321. The van der Waals surface area contributed by atoms with Crippen LogP contribution in [0.25, 0.3) is 0 Å². The van der Waals surface area contributed by atoms with Crippen LogP contribution in [0.3, 0.4) is 0 Å². The summed E-state index contributed by atoms with van der Waals surface area (Å²) < 4.78 is 45.8. The highest BCUT2D eigenvalue weighted by molar-refractivity contribution is 5.30. The van der Waals surface area contributed by atoms with E-state index < -0.39 is 12.5 Å². The number of alkyl halides is 3. The molecule has 1 aliphatic rings. The number of benzene rings is 1. The Balaban J connectivity index is 1.98. The van der Waals surface area contributed by atoms with Crippen molar-refractivity contribution in [2.75, 3.05) is 6.61 Å². The second-order valence-electron chi connectivity index (χ2n) is 4.86. The van der Waals surface area contributed by atoms with Crippen LogP contribution < -0.4 is 4.74 Å². The van der Waals surface area contributed by atoms with Gasteiger partial charge in [0.1, 0.15) is 5.75 Å². The molecule has 1 aromatic rings. The molecule has 0 radical (unpaired) electrons. The lowest BCUT2D eigenvalue weighted by Crippen LogP contribution is -2.21. The Morgan fingerprint density at radius 2 is 2.15 bits per heavy atom. The number of halogens is 3. The topological polar surface area (TPSA) is 38.7 Å². The largest absolute Gasteiger partial charge is 0.573 e. The minimum Gasteiger partial charge on any atom is -0.406 e. The lowest BCUT2D eigenvalue weighted by molar-refractivity contribution is -0.274. The predicted octanol–water partition coefficient (Wildman–Crippen LogP) is 3.58. The summed E-state index contributed by atoms with van der Waals surface area (Å²) in [4.78, 5) is 0. The zero-order valence-corrected chi connectivity index (χ0v) is 10.9. The molecule has 2 atom stereocenters. The third-order valence-corrected chi connectivity index (χ3v) is 3.24. The van der Waals surface area contributed by atoms with Gasteiger partial charge in [0.2, 0.25) is 0 Å². The molecule has 0 aromatic heterocycles. The Kier molecular flexibility index (Phi) is 4.88. The summed E-state index contributed by atoms with van der Waals surface area (Å²) in [5.41, 5.74) is 0.404. The molecule has 0 spiro atoms. The average molecular weight is 290 g/mol. The van der Waals surface area contributed by atoms with Crippen LogP contribution >= 0.6 is 0 Å². The Morgan fingerprint density at radius 3 is 2.80 bits per heavy atom. The Hall–Kier alpha value is -1.27. The molecular formula is C14H17F3O3. The number of hydrogen-bond acceptors (Lipinski definition) is 3. The van der Waals surface area contributed by atoms with E-state index >= 15 is 0 Å². The number of aliphatic hydroxyl groups is 1. The zero-order valence-electron chi connectivity index (χ0n) is 10.9. The van der Waals surface area contributed by atoms with Gasteiger partial charge in [0.25, 0.3) is 0 Å². The first kappa shape index (κ1) is 15.1. The summed E-state index contributed by atoms with van der Waals surface area (Å²) in [5, 5.41) is 10.1. The minimum atomic E-state index is -4.73. The van der Waals surface area contributed by atoms with E-state index in [1.54, 1.807) is 6.07 Å². The zero-order chi connectivity index (χ0) is 14.6. The maximum absolute atomic E-state index is 12.1. The fourth-order valence-corrected chi connectivity index (χ4v) is 2.30. The molecule has 2 unspecified atom stereocenters. The van der Waals surface area contributed by atoms with Crippen LogP contribution in [0, 0.1) is 0 Å². The van der Waals surface area contributed by atoms with Crippen molar-refractivity contribution in [2.24, 2.45) is 0 Å². The van der Waals surface area contributed by atoms with E-state index in [4.69, 9.17) is 4.74 Å². The predicted molar refractivity (Wildman–Crippen MR) is 66.3 cm³/mol. The molecule has 2 rings (SSSR count). The normalized spacial score (nSPS) is 21.5. The van der Waals surface area contributed by atoms with E-state index in [-0.39, 0.29) is 11.9 Å². The van der Waals surface area contributed by atoms with Crippen LogP contribution in [-0.4, -0.2) is 24.2 Å². The summed E-state index contributed by atoms with van der Waals surface area (Å²) in [6.07, 6.45) is -2.29. The van der Waals surface area contributed by atoms with Crippen molar-refractivity contribution in [1.82, 2.24) is 0 Å². The molecule has 3 nitrogen and oxygen atoms in total. The third kappa shape index (κ3) is 4.68. The van der Waals surface area contributed by atoms with Crippen molar-refractivity contribution in [3.63, 3.8) is 0 Å². The maximum Gasteiger partial charge on any atom is 0.573 e. The average Bonchev–Trinajstić information content (AvgIpc) is 2.38. The van der Waals surface area contributed by atoms with Crippen LogP contribution in [0.1, 0.15) is 37.4 Å². The van der Waals surface area contributed by atoms with Gasteiger partial charge < -0.3 is 14.6 Å². The van der Waals surface area contributed by atoms with Gasteiger partial charge in [-0.15, -0.1) is 13.2 Å². The van der Waals surface area contributed by atoms with E-state index in [1.165, 1.54) is 18.2 Å². The van der Waals surface area contributed by atoms with Gasteiger partial charge in [-0.05, 0) is 37.0 Å². The van der Waals surface area contributed by atoms with Crippen molar-refractivity contribution in [3.8, 4) is 5.75 Å². The molecule has 0 amide bonds. The van der Waals surface area contributed by atoms with E-state index in [9.17, 15) is 18.3 Å². The number of aliphatic hydroxyl groups excluding tert-OH is 1. The molecule has 1 heterocycles. The fraction of sp³-hybridized carbons (Fsp3) is 0.571. The molecule has 20 heavy (non-hydrogen) atoms. The third-order valence-electron chi connectivity index (χ3n) is 3.24. The van der Waals surface area contributed by atoms with Crippen molar-refractivity contribution < 1.29 is 27.8 Å². The summed E-state index contributed by atoms with van der Waals surface area (Å²) in [6.45, 7) is 0.675. The highest BCUT2D eigenvalue weighted by Crippen LogP contribution is 2.29. The first-order valence-electron chi connectivity index (χ1n) is 6.59. The quantitative estimate of drug-likeness (QED) is 0.921. The van der Waals surface area contributed by atoms with E-state index in [2.05, 4.69) is 4.74 Å². The smallest absolute Gasteiger partial charge is 0.406 e. The minimum absolute atomic E-state index is 0.0362. The van der Waals surface area contributed by atoms with E-state index in [0.717, 1.165) is 19.3 Å². The van der Waals surface area contributed by atoms with Gasteiger partial charge in [0.05, 0.1) is 12.2 Å². The SMILES string of the molecule is OC(CC1CCCCO1)c1cccc(OC(F)(F)F)c1. The Bertz CT molecular complexity index is 428. The molecule has 1 aromatic carbocycles. The second-order valence-corrected chi connectivity index (χ2v) is 4.86. The molecule has 6 heteroatoms. The van der Waals surface area contributed by atoms with Crippen molar-refractivity contribution in [3.05, 3.63) is 29.8 Å². The highest BCUT2D eigenvalue weighted by atomic mass is 19.4. The number of ether oxygens (including phenoxy) is 2. The lowest BCUT2D eigenvalue weighted by Gasteiger charge is -2.25. The van der Waals surface area contributed by atoms with Crippen molar-refractivity contribution >= 4 is 0 Å². The molecule has 1 aliphatic heterocycles. The van der Waals surface area contributed by atoms with Gasteiger partial charge in [-0.2, -0.15) is 0 Å². The summed E-state index contributed by atoms with van der Waals surface area (Å²) in [6, 6.07) is 5.43. The second kappa shape index (κ2) is 6.45. The highest BCUT2D eigenvalue weighted by Gasteiger charge is 2.31. The molecule has 112 valence electrons. The van der Waals surface area contributed by atoms with Gasteiger partial charge in [0.15, 0.2) is 0 Å². The first-order chi connectivity index (χ1) is 9.44. The molecule has 0 saturated carbocycles. The standard InChI is InChI=1S/C14H17F3O3/c15-14(16,17)20-12-6-3-4-10(8-12)13(18)9-11-5-1-2-7-19-11/h3-4,6,8,11,13,18H,1-2,5,7,9H2. The van der Waals surface area contributed by atoms with Gasteiger partial charge in [-0.1, -0.05) is 12.1 Å². The fourth-order valence-electron chi connectivity index (χ4n) is 2.30. The summed E-state index contributed by atoms with van der Waals surface area (Å²) >= 11 is 0. The molecule has 1 fully saturated rings. The monoisotopic (exact) mass is 290 g/mol. The van der Waals surface area contributed by atoms with Gasteiger partial charge in [0, 0.05) is 13.0 Å². The van der Waals surface area contributed by atoms with Crippen molar-refractivity contribution in [1.29, 1.82) is 0 Å². The summed E-state index contributed by atoms with van der Waals surface area (Å²) in [7, 11) is 0. The van der Waals surface area contributed by atoms with Crippen molar-refractivity contribution in [2.45, 2.75) is 44.3 Å². The number of hydrogen-bond donors (Lipinski definition) is 1. The van der Waals surface area contributed by atoms with E-state index in [0.29, 0.717) is 18.6 Å². The van der Waals surface area contributed by atoms with Gasteiger partial charge in [-0.3, -0.25) is 0 Å². The number of rotatable bonds is 4. The Morgan fingerprint density at radius 1 is 1.35 bits per heavy atom. The van der Waals surface area contributed by atoms with Gasteiger partial charge in [-0.25, -0.2) is 0 Å². The van der Waals surface area contributed by atoms with Crippen LogP contribution in [0.15, 0.2) is 24.3 Å². The van der Waals surface area contributed by atoms with E-state index in [1.807, 2.05) is 0 Å². The van der Waals surface area contributed by atoms with Gasteiger partial charge >= 0.3 is 6.36 Å². The van der Waals surface area contributed by atoms with Crippen LogP contribution in [-0.2, 0) is 4.74 Å². The lowest BCUT2D eigenvalue weighted by atomic mass is 9.99. The molecule has 1 N–H and O–H groups in total. The Labute approximate surface area is 115 Å². The molecular weight excluding hydrogens is 273 g/mol. The first-order valence-corrected chi connectivity index (χ1v) is 6.59. The molecule has 0 bridgehead atoms.